The minimum Gasteiger partial charge on any atom is -1.00 e. The van der Waals surface area contributed by atoms with Gasteiger partial charge in [-0.3, -0.25) is 0 Å². The molecule has 0 bridgehead atoms. The summed E-state index contributed by atoms with van der Waals surface area (Å²) in [5, 5.41) is 0. The largest absolute Gasteiger partial charge is 1.00 e. The second-order valence-electron chi connectivity index (χ2n) is 3.50. The number of hydrogen-bond acceptors (Lipinski definition) is 0. The molecular weight excluding hydrogens is 146 g/mol. The maximum Gasteiger partial charge on any atom is 0.0786 e. The maximum absolute atomic E-state index is 2.39. The fraction of sp³-hybridized carbons (Fsp3) is 1.00. The Labute approximate surface area is 70.4 Å². The quantitative estimate of drug-likeness (QED) is 0.442. The monoisotopic (exact) mass is 163 g/mol. The minimum atomic E-state index is 0. The third kappa shape index (κ3) is 2.47. The molecule has 0 aromatic carbocycles. The van der Waals surface area contributed by atoms with E-state index in [9.17, 15) is 0 Å². The third-order valence-electron chi connectivity index (χ3n) is 2.41. The van der Waals surface area contributed by atoms with Gasteiger partial charge in [-0.2, -0.15) is 0 Å². The molecule has 1 rings (SSSR count). The molecule has 2 heteroatoms. The van der Waals surface area contributed by atoms with Gasteiger partial charge < -0.3 is 16.9 Å². The Morgan fingerprint density at radius 3 is 2.10 bits per heavy atom. The molecule has 62 valence electrons. The van der Waals surface area contributed by atoms with Gasteiger partial charge in [-0.15, -0.1) is 0 Å². The fourth-order valence-corrected chi connectivity index (χ4v) is 1.86. The summed E-state index contributed by atoms with van der Waals surface area (Å²) in [7, 11) is 2.39. The number of rotatable bonds is 2. The lowest BCUT2D eigenvalue weighted by Gasteiger charge is -2.28. The molecule has 10 heavy (non-hydrogen) atoms. The van der Waals surface area contributed by atoms with Gasteiger partial charge in [0.05, 0.1) is 26.7 Å². The zero-order valence-electron chi connectivity index (χ0n) is 7.07. The van der Waals surface area contributed by atoms with Crippen LogP contribution in [0.15, 0.2) is 0 Å². The van der Waals surface area contributed by atoms with Crippen molar-refractivity contribution in [2.24, 2.45) is 0 Å². The van der Waals surface area contributed by atoms with Crippen molar-refractivity contribution < 1.29 is 16.9 Å². The lowest BCUT2D eigenvalue weighted by Crippen LogP contribution is -3.00. The summed E-state index contributed by atoms with van der Waals surface area (Å²) in [6.07, 6.45) is 4.25. The van der Waals surface area contributed by atoms with Crippen molar-refractivity contribution in [3.63, 3.8) is 0 Å². The molecular formula is C8H18ClN. The number of halogens is 1. The molecule has 0 N–H and O–H groups in total. The summed E-state index contributed by atoms with van der Waals surface area (Å²) < 4.78 is 1.34. The van der Waals surface area contributed by atoms with E-state index < -0.39 is 0 Å². The standard InChI is InChI=1S/C8H18N.ClH/c1-3-6-9(2)7-4-5-8-9;/h3-8H2,1-2H3;1H/q+1;/p-1. The first kappa shape index (κ1) is 10.2. The first-order valence-electron chi connectivity index (χ1n) is 4.10. The van der Waals surface area contributed by atoms with Crippen molar-refractivity contribution in [1.82, 2.24) is 0 Å². The predicted molar refractivity (Wildman–Crippen MR) is 40.3 cm³/mol. The van der Waals surface area contributed by atoms with Crippen LogP contribution in [0.4, 0.5) is 0 Å². The van der Waals surface area contributed by atoms with Crippen molar-refractivity contribution in [3.05, 3.63) is 0 Å². The van der Waals surface area contributed by atoms with Gasteiger partial charge in [0.1, 0.15) is 0 Å². The highest BCUT2D eigenvalue weighted by atomic mass is 35.5. The summed E-state index contributed by atoms with van der Waals surface area (Å²) in [6.45, 7) is 6.52. The lowest BCUT2D eigenvalue weighted by molar-refractivity contribution is -0.897. The minimum absolute atomic E-state index is 0. The molecule has 1 fully saturated rings. The van der Waals surface area contributed by atoms with E-state index in [4.69, 9.17) is 0 Å². The van der Waals surface area contributed by atoms with Gasteiger partial charge in [-0.05, 0) is 6.42 Å². The van der Waals surface area contributed by atoms with Crippen molar-refractivity contribution >= 4 is 0 Å². The average molecular weight is 164 g/mol. The smallest absolute Gasteiger partial charge is 0.0786 e. The molecule has 0 aromatic rings. The van der Waals surface area contributed by atoms with Gasteiger partial charge in [0.15, 0.2) is 0 Å². The third-order valence-corrected chi connectivity index (χ3v) is 2.41. The van der Waals surface area contributed by atoms with Crippen molar-refractivity contribution in [2.45, 2.75) is 26.2 Å². The van der Waals surface area contributed by atoms with Crippen LogP contribution in [0.2, 0.25) is 0 Å². The highest BCUT2D eigenvalue weighted by Gasteiger charge is 2.24. The molecule has 1 saturated heterocycles. The van der Waals surface area contributed by atoms with Crippen molar-refractivity contribution in [2.75, 3.05) is 26.7 Å². The Balaban J connectivity index is 0.000000810. The number of hydrogen-bond donors (Lipinski definition) is 0. The molecule has 0 unspecified atom stereocenters. The average Bonchev–Trinajstić information content (AvgIpc) is 2.16. The number of likely N-dealkylation sites (tertiary alicyclic amines) is 1. The Morgan fingerprint density at radius 1 is 1.20 bits per heavy atom. The van der Waals surface area contributed by atoms with Gasteiger partial charge in [0.2, 0.25) is 0 Å². The van der Waals surface area contributed by atoms with Crippen LogP contribution in [0.1, 0.15) is 26.2 Å². The molecule has 1 heterocycles. The van der Waals surface area contributed by atoms with E-state index in [1.807, 2.05) is 0 Å². The van der Waals surface area contributed by atoms with Gasteiger partial charge in [-0.25, -0.2) is 0 Å². The van der Waals surface area contributed by atoms with Crippen LogP contribution in [0.25, 0.3) is 0 Å². The first-order valence-corrected chi connectivity index (χ1v) is 4.10. The van der Waals surface area contributed by atoms with Crippen LogP contribution in [0.3, 0.4) is 0 Å². The van der Waals surface area contributed by atoms with Gasteiger partial charge in [-0.1, -0.05) is 6.92 Å². The number of nitrogens with zero attached hydrogens (tertiary/aromatic N) is 1. The van der Waals surface area contributed by atoms with Crippen molar-refractivity contribution in [1.29, 1.82) is 0 Å². The normalized spacial score (nSPS) is 22.2. The van der Waals surface area contributed by atoms with Crippen LogP contribution < -0.4 is 12.4 Å². The summed E-state index contributed by atoms with van der Waals surface area (Å²) in [5.74, 6) is 0. The highest BCUT2D eigenvalue weighted by molar-refractivity contribution is 4.50. The zero-order chi connectivity index (χ0) is 6.74. The molecule has 0 aliphatic carbocycles. The molecule has 0 atom stereocenters. The second-order valence-corrected chi connectivity index (χ2v) is 3.50. The van der Waals surface area contributed by atoms with E-state index >= 15 is 0 Å². The molecule has 1 nitrogen and oxygen atoms in total. The van der Waals surface area contributed by atoms with Gasteiger partial charge in [0.25, 0.3) is 0 Å². The summed E-state index contributed by atoms with van der Waals surface area (Å²) in [6, 6.07) is 0. The Morgan fingerprint density at radius 2 is 1.70 bits per heavy atom. The maximum atomic E-state index is 2.39. The van der Waals surface area contributed by atoms with E-state index in [-0.39, 0.29) is 12.4 Å². The van der Waals surface area contributed by atoms with Crippen LogP contribution in [0, 0.1) is 0 Å². The van der Waals surface area contributed by atoms with Crippen LogP contribution in [0.5, 0.6) is 0 Å². The Hall–Kier alpha value is 0.250. The molecule has 0 amide bonds. The van der Waals surface area contributed by atoms with Crippen molar-refractivity contribution in [3.8, 4) is 0 Å². The molecule has 1 aliphatic heterocycles. The Bertz CT molecular complexity index is 87.3. The number of quaternary nitrogens is 1. The SMILES string of the molecule is CCC[N+]1(C)CCCC1.[Cl-]. The van der Waals surface area contributed by atoms with E-state index in [0.717, 1.165) is 0 Å². The highest BCUT2D eigenvalue weighted by Crippen LogP contribution is 2.15. The second kappa shape index (κ2) is 4.20. The topological polar surface area (TPSA) is 0 Å². The van der Waals surface area contributed by atoms with Crippen LogP contribution in [-0.4, -0.2) is 31.2 Å². The van der Waals surface area contributed by atoms with Crippen LogP contribution in [-0.2, 0) is 0 Å². The first-order chi connectivity index (χ1) is 4.27. The summed E-state index contributed by atoms with van der Waals surface area (Å²) in [5.41, 5.74) is 0. The van der Waals surface area contributed by atoms with E-state index in [1.54, 1.807) is 0 Å². The fourth-order valence-electron chi connectivity index (χ4n) is 1.86. The molecule has 0 saturated carbocycles. The zero-order valence-corrected chi connectivity index (χ0v) is 7.82. The van der Waals surface area contributed by atoms with E-state index in [2.05, 4.69) is 14.0 Å². The Kier molecular flexibility index (Phi) is 4.30. The van der Waals surface area contributed by atoms with Gasteiger partial charge in [0, 0.05) is 12.8 Å². The van der Waals surface area contributed by atoms with E-state index in [0.29, 0.717) is 0 Å². The molecule has 1 aliphatic rings. The summed E-state index contributed by atoms with van der Waals surface area (Å²) in [4.78, 5) is 0. The summed E-state index contributed by atoms with van der Waals surface area (Å²) >= 11 is 0. The molecule has 0 spiro atoms. The van der Waals surface area contributed by atoms with Gasteiger partial charge >= 0.3 is 0 Å². The van der Waals surface area contributed by atoms with E-state index in [1.165, 1.54) is 43.4 Å². The molecule has 0 aromatic heterocycles. The lowest BCUT2D eigenvalue weighted by atomic mass is 10.4. The molecule has 0 radical (unpaired) electrons. The van der Waals surface area contributed by atoms with Crippen LogP contribution >= 0.6 is 0 Å². The predicted octanol–water partition coefficient (Wildman–Crippen LogP) is -1.36.